The molecule has 3 aromatic rings. The van der Waals surface area contributed by atoms with E-state index in [-0.39, 0.29) is 27.8 Å². The number of halogens is 2. The molecule has 0 aliphatic carbocycles. The molecule has 0 spiro atoms. The van der Waals surface area contributed by atoms with Crippen molar-refractivity contribution in [2.75, 3.05) is 7.11 Å². The van der Waals surface area contributed by atoms with Crippen LogP contribution >= 0.6 is 11.8 Å². The zero-order chi connectivity index (χ0) is 25.2. The van der Waals surface area contributed by atoms with E-state index in [1.165, 1.54) is 55.7 Å². The lowest BCUT2D eigenvalue weighted by Crippen LogP contribution is -2.27. The molecule has 0 radical (unpaired) electrons. The summed E-state index contributed by atoms with van der Waals surface area (Å²) in [5.41, 5.74) is 1.06. The first-order chi connectivity index (χ1) is 16.7. The van der Waals surface area contributed by atoms with E-state index in [0.717, 1.165) is 40.9 Å². The smallest absolute Gasteiger partial charge is 0.339 e. The molecule has 11 heteroatoms. The Balaban J connectivity index is 1.54. The third-order valence-electron chi connectivity index (χ3n) is 4.91. The van der Waals surface area contributed by atoms with Gasteiger partial charge in [-0.1, -0.05) is 18.2 Å². The molecule has 0 unspecified atom stereocenters. The predicted octanol–water partition coefficient (Wildman–Crippen LogP) is 4.98. The van der Waals surface area contributed by atoms with Crippen LogP contribution in [0.5, 0.6) is 11.5 Å². The molecule has 7 nitrogen and oxygen atoms in total. The standard InChI is InChI=1S/C24H17F2NO6S2/c1-32-21-12-16(4-11-20(21)33-35(30,31)19-9-7-18(26)8-10-19)13-22-23(28)27(24(29)34-22)14-15-2-5-17(25)6-3-15/h2-13H,14H2,1H3/b22-13-. The zero-order valence-electron chi connectivity index (χ0n) is 18.1. The molecule has 35 heavy (non-hydrogen) atoms. The second-order valence-corrected chi connectivity index (χ2v) is 9.84. The third kappa shape index (κ3) is 5.52. The van der Waals surface area contributed by atoms with Crippen molar-refractivity contribution in [1.29, 1.82) is 0 Å². The molecule has 1 heterocycles. The Morgan fingerprint density at radius 3 is 2.17 bits per heavy atom. The van der Waals surface area contributed by atoms with Crippen LogP contribution in [0.2, 0.25) is 0 Å². The summed E-state index contributed by atoms with van der Waals surface area (Å²) in [5.74, 6) is -1.57. The number of hydrogen-bond donors (Lipinski definition) is 0. The number of rotatable bonds is 7. The van der Waals surface area contributed by atoms with Crippen molar-refractivity contribution in [2.45, 2.75) is 11.4 Å². The molecule has 4 rings (SSSR count). The lowest BCUT2D eigenvalue weighted by atomic mass is 10.1. The highest BCUT2D eigenvalue weighted by atomic mass is 32.2. The molecular weight excluding hydrogens is 500 g/mol. The van der Waals surface area contributed by atoms with Gasteiger partial charge in [0.05, 0.1) is 18.6 Å². The van der Waals surface area contributed by atoms with Crippen molar-refractivity contribution in [3.8, 4) is 11.5 Å². The molecule has 0 atom stereocenters. The minimum Gasteiger partial charge on any atom is -0.493 e. The van der Waals surface area contributed by atoms with Crippen LogP contribution in [0, 0.1) is 11.6 Å². The SMILES string of the molecule is COc1cc(/C=C2\SC(=O)N(Cc3ccc(F)cc3)C2=O)ccc1OS(=O)(=O)c1ccc(F)cc1. The number of benzene rings is 3. The van der Waals surface area contributed by atoms with Crippen molar-refractivity contribution in [1.82, 2.24) is 4.90 Å². The predicted molar refractivity (Wildman–Crippen MR) is 125 cm³/mol. The largest absolute Gasteiger partial charge is 0.493 e. The summed E-state index contributed by atoms with van der Waals surface area (Å²) in [4.78, 5) is 26.1. The van der Waals surface area contributed by atoms with Gasteiger partial charge in [-0.05, 0) is 77.5 Å². The van der Waals surface area contributed by atoms with Crippen LogP contribution in [-0.4, -0.2) is 31.6 Å². The highest BCUT2D eigenvalue weighted by Gasteiger charge is 2.35. The highest BCUT2D eigenvalue weighted by molar-refractivity contribution is 8.18. The molecule has 1 saturated heterocycles. The molecule has 0 bridgehead atoms. The second-order valence-electron chi connectivity index (χ2n) is 7.30. The highest BCUT2D eigenvalue weighted by Crippen LogP contribution is 2.36. The lowest BCUT2D eigenvalue weighted by molar-refractivity contribution is -0.123. The Labute approximate surface area is 204 Å². The van der Waals surface area contributed by atoms with Crippen molar-refractivity contribution in [3.05, 3.63) is 94.4 Å². The molecule has 180 valence electrons. The molecular formula is C24H17F2NO6S2. The van der Waals surface area contributed by atoms with Crippen molar-refractivity contribution >= 4 is 39.1 Å². The van der Waals surface area contributed by atoms with Crippen LogP contribution in [0.4, 0.5) is 13.6 Å². The van der Waals surface area contributed by atoms with Gasteiger partial charge in [0.25, 0.3) is 11.1 Å². The van der Waals surface area contributed by atoms with E-state index < -0.39 is 32.9 Å². The molecule has 3 aromatic carbocycles. The van der Waals surface area contributed by atoms with Crippen LogP contribution in [-0.2, 0) is 21.5 Å². The fourth-order valence-corrected chi connectivity index (χ4v) is 4.95. The molecule has 1 aliphatic rings. The first kappa shape index (κ1) is 24.4. The molecule has 1 fully saturated rings. The van der Waals surface area contributed by atoms with E-state index >= 15 is 0 Å². The average Bonchev–Trinajstić information content (AvgIpc) is 3.08. The number of ether oxygens (including phenoxy) is 1. The van der Waals surface area contributed by atoms with E-state index in [9.17, 15) is 26.8 Å². The Morgan fingerprint density at radius 2 is 1.54 bits per heavy atom. The number of carbonyl (C=O) groups excluding carboxylic acids is 2. The summed E-state index contributed by atoms with van der Waals surface area (Å²) in [6.07, 6.45) is 1.47. The normalized spacial score (nSPS) is 15.1. The maximum atomic E-state index is 13.1. The third-order valence-corrected chi connectivity index (χ3v) is 7.07. The first-order valence-electron chi connectivity index (χ1n) is 10.0. The Kier molecular flexibility index (Phi) is 6.90. The summed E-state index contributed by atoms with van der Waals surface area (Å²) in [6.45, 7) is -0.000366. The monoisotopic (exact) mass is 517 g/mol. The van der Waals surface area contributed by atoms with E-state index in [0.29, 0.717) is 11.1 Å². The number of imide groups is 1. The summed E-state index contributed by atoms with van der Waals surface area (Å²) >= 11 is 0.751. The van der Waals surface area contributed by atoms with E-state index in [1.54, 1.807) is 0 Å². The Morgan fingerprint density at radius 1 is 0.914 bits per heavy atom. The number of methoxy groups -OCH3 is 1. The Bertz CT molecular complexity index is 1420. The summed E-state index contributed by atoms with van der Waals surface area (Å²) < 4.78 is 61.6. The van der Waals surface area contributed by atoms with E-state index in [2.05, 4.69) is 0 Å². The number of thioether (sulfide) groups is 1. The fourth-order valence-electron chi connectivity index (χ4n) is 3.17. The minimum absolute atomic E-state index is 0.000366. The second kappa shape index (κ2) is 9.88. The molecule has 1 aliphatic heterocycles. The minimum atomic E-state index is -4.25. The summed E-state index contributed by atoms with van der Waals surface area (Å²) in [7, 11) is -2.94. The van der Waals surface area contributed by atoms with Crippen LogP contribution in [0.15, 0.2) is 76.5 Å². The molecule has 0 aromatic heterocycles. The van der Waals surface area contributed by atoms with Gasteiger partial charge in [-0.15, -0.1) is 0 Å². The first-order valence-corrected chi connectivity index (χ1v) is 12.3. The van der Waals surface area contributed by atoms with Crippen molar-refractivity contribution in [3.63, 3.8) is 0 Å². The molecule has 2 amide bonds. The maximum Gasteiger partial charge on any atom is 0.339 e. The maximum absolute atomic E-state index is 13.1. The van der Waals surface area contributed by atoms with Gasteiger partial charge >= 0.3 is 10.1 Å². The van der Waals surface area contributed by atoms with Gasteiger partial charge in [0, 0.05) is 0 Å². The number of carbonyl (C=O) groups is 2. The average molecular weight is 518 g/mol. The number of nitrogens with zero attached hydrogens (tertiary/aromatic N) is 1. The van der Waals surface area contributed by atoms with Crippen LogP contribution in [0.25, 0.3) is 6.08 Å². The van der Waals surface area contributed by atoms with Crippen LogP contribution in [0.3, 0.4) is 0 Å². The van der Waals surface area contributed by atoms with Gasteiger partial charge in [-0.2, -0.15) is 8.42 Å². The van der Waals surface area contributed by atoms with Gasteiger partial charge in [0.1, 0.15) is 16.5 Å². The Hall–Kier alpha value is -3.70. The topological polar surface area (TPSA) is 90.0 Å². The van der Waals surface area contributed by atoms with Crippen LogP contribution in [0.1, 0.15) is 11.1 Å². The van der Waals surface area contributed by atoms with Crippen LogP contribution < -0.4 is 8.92 Å². The van der Waals surface area contributed by atoms with Gasteiger partial charge in [-0.25, -0.2) is 8.78 Å². The zero-order valence-corrected chi connectivity index (χ0v) is 19.7. The van der Waals surface area contributed by atoms with E-state index in [4.69, 9.17) is 8.92 Å². The van der Waals surface area contributed by atoms with Crippen molar-refractivity contribution < 1.29 is 35.7 Å². The van der Waals surface area contributed by atoms with Gasteiger partial charge in [0.15, 0.2) is 11.5 Å². The quantitative estimate of drug-likeness (QED) is 0.323. The van der Waals surface area contributed by atoms with Gasteiger partial charge in [0.2, 0.25) is 0 Å². The fraction of sp³-hybridized carbons (Fsp3) is 0.0833. The van der Waals surface area contributed by atoms with Crippen molar-refractivity contribution in [2.24, 2.45) is 0 Å². The number of hydrogen-bond acceptors (Lipinski definition) is 7. The lowest BCUT2D eigenvalue weighted by Gasteiger charge is -2.12. The van der Waals surface area contributed by atoms with Gasteiger partial charge < -0.3 is 8.92 Å². The molecule has 0 saturated carbocycles. The number of amides is 2. The molecule has 0 N–H and O–H groups in total. The van der Waals surface area contributed by atoms with Gasteiger partial charge in [-0.3, -0.25) is 14.5 Å². The summed E-state index contributed by atoms with van der Waals surface area (Å²) in [5, 5.41) is -0.470. The summed E-state index contributed by atoms with van der Waals surface area (Å²) in [6, 6.07) is 13.9. The van der Waals surface area contributed by atoms with E-state index in [1.807, 2.05) is 0 Å².